The third-order valence-corrected chi connectivity index (χ3v) is 4.01. The summed E-state index contributed by atoms with van der Waals surface area (Å²) in [6.45, 7) is 1.43. The Morgan fingerprint density at radius 1 is 1.16 bits per heavy atom. The Balaban J connectivity index is 1.83. The second-order valence-electron chi connectivity index (χ2n) is 5.99. The highest BCUT2D eigenvalue weighted by Crippen LogP contribution is 2.32. The van der Waals surface area contributed by atoms with E-state index < -0.39 is 29.2 Å². The van der Waals surface area contributed by atoms with Gasteiger partial charge in [-0.2, -0.15) is 13.2 Å². The molecule has 1 N–H and O–H groups in total. The van der Waals surface area contributed by atoms with E-state index >= 15 is 0 Å². The van der Waals surface area contributed by atoms with Crippen molar-refractivity contribution in [3.05, 3.63) is 65.2 Å². The fourth-order valence-corrected chi connectivity index (χ4v) is 2.70. The van der Waals surface area contributed by atoms with E-state index in [0.717, 1.165) is 12.1 Å². The number of benzene rings is 2. The van der Waals surface area contributed by atoms with Gasteiger partial charge in [0.05, 0.1) is 11.1 Å². The summed E-state index contributed by atoms with van der Waals surface area (Å²) in [5, 5.41) is 2.40. The Kier molecular flexibility index (Phi) is 4.02. The van der Waals surface area contributed by atoms with Crippen molar-refractivity contribution in [3.8, 4) is 0 Å². The highest BCUT2D eigenvalue weighted by molar-refractivity contribution is 6.02. The van der Waals surface area contributed by atoms with Crippen LogP contribution in [0.3, 0.4) is 0 Å². The molecule has 1 unspecified atom stereocenters. The smallest absolute Gasteiger partial charge is 0.416 e. The fourth-order valence-electron chi connectivity index (χ4n) is 2.70. The van der Waals surface area contributed by atoms with Gasteiger partial charge in [0.2, 0.25) is 0 Å². The number of esters is 1. The average Bonchev–Trinajstić information content (AvgIpc) is 2.54. The molecule has 0 radical (unpaired) electrons. The molecule has 130 valence electrons. The van der Waals surface area contributed by atoms with Crippen molar-refractivity contribution in [1.82, 2.24) is 0 Å². The van der Waals surface area contributed by atoms with Crippen LogP contribution in [-0.2, 0) is 22.1 Å². The van der Waals surface area contributed by atoms with E-state index in [0.29, 0.717) is 11.1 Å². The van der Waals surface area contributed by atoms with E-state index in [1.165, 1.54) is 19.1 Å². The van der Waals surface area contributed by atoms with Crippen LogP contribution in [0.25, 0.3) is 0 Å². The minimum atomic E-state index is -4.51. The van der Waals surface area contributed by atoms with Gasteiger partial charge in [0.1, 0.15) is 0 Å². The lowest BCUT2D eigenvalue weighted by molar-refractivity contribution is -0.137. The quantitative estimate of drug-likeness (QED) is 0.839. The molecule has 0 fully saturated rings. The maximum Gasteiger partial charge on any atom is 0.416 e. The van der Waals surface area contributed by atoms with Crippen molar-refractivity contribution in [2.24, 2.45) is 0 Å². The minimum Gasteiger partial charge on any atom is -0.445 e. The monoisotopic (exact) mass is 349 g/mol. The number of anilines is 1. The Hall–Kier alpha value is -2.83. The van der Waals surface area contributed by atoms with Crippen LogP contribution in [-0.4, -0.2) is 17.5 Å². The van der Waals surface area contributed by atoms with Crippen molar-refractivity contribution >= 4 is 17.6 Å². The van der Waals surface area contributed by atoms with E-state index in [9.17, 15) is 22.8 Å². The lowest BCUT2D eigenvalue weighted by Crippen LogP contribution is -2.48. The first-order valence-electron chi connectivity index (χ1n) is 7.49. The molecular formula is C18H14F3NO3. The van der Waals surface area contributed by atoms with Gasteiger partial charge >= 0.3 is 12.1 Å². The molecule has 1 heterocycles. The first-order chi connectivity index (χ1) is 11.7. The normalized spacial score (nSPS) is 19.8. The molecule has 0 saturated heterocycles. The van der Waals surface area contributed by atoms with Crippen LogP contribution in [0.5, 0.6) is 0 Å². The van der Waals surface area contributed by atoms with Gasteiger partial charge in [-0.1, -0.05) is 24.3 Å². The van der Waals surface area contributed by atoms with Gasteiger partial charge in [-0.3, -0.25) is 4.79 Å². The van der Waals surface area contributed by atoms with Crippen LogP contribution in [0.2, 0.25) is 0 Å². The second kappa shape index (κ2) is 5.91. The van der Waals surface area contributed by atoms with Gasteiger partial charge in [0.25, 0.3) is 5.91 Å². The van der Waals surface area contributed by atoms with Gasteiger partial charge in [-0.05, 0) is 36.8 Å². The SMILES string of the molecule is CC1(C(=O)Nc2cccc(C(F)(F)F)c2)Cc2ccccc2C(=O)O1. The molecule has 0 aromatic heterocycles. The third kappa shape index (κ3) is 3.35. The Bertz CT molecular complexity index is 847. The van der Waals surface area contributed by atoms with Crippen LogP contribution in [0.4, 0.5) is 18.9 Å². The van der Waals surface area contributed by atoms with Crippen LogP contribution in [0.1, 0.15) is 28.4 Å². The molecule has 2 aromatic carbocycles. The van der Waals surface area contributed by atoms with Gasteiger partial charge < -0.3 is 10.1 Å². The molecule has 25 heavy (non-hydrogen) atoms. The third-order valence-electron chi connectivity index (χ3n) is 4.01. The molecule has 1 atom stereocenters. The highest BCUT2D eigenvalue weighted by atomic mass is 19.4. The number of nitrogens with one attached hydrogen (secondary N) is 1. The van der Waals surface area contributed by atoms with Crippen molar-refractivity contribution in [3.63, 3.8) is 0 Å². The Morgan fingerprint density at radius 2 is 1.88 bits per heavy atom. The molecule has 0 spiro atoms. The summed E-state index contributed by atoms with van der Waals surface area (Å²) in [5.74, 6) is -1.32. The number of halogens is 3. The molecule has 1 aliphatic heterocycles. The number of ether oxygens (including phenoxy) is 1. The van der Waals surface area contributed by atoms with E-state index in [-0.39, 0.29) is 12.1 Å². The highest BCUT2D eigenvalue weighted by Gasteiger charge is 2.42. The lowest BCUT2D eigenvalue weighted by Gasteiger charge is -2.33. The maximum atomic E-state index is 12.8. The molecule has 7 heteroatoms. The van der Waals surface area contributed by atoms with Crippen LogP contribution in [0.15, 0.2) is 48.5 Å². The van der Waals surface area contributed by atoms with E-state index in [1.54, 1.807) is 24.3 Å². The van der Waals surface area contributed by atoms with Gasteiger partial charge in [0, 0.05) is 12.1 Å². The standard InChI is InChI=1S/C18H14F3NO3/c1-17(10-11-5-2-3-8-14(11)15(23)25-17)16(24)22-13-7-4-6-12(9-13)18(19,20)21/h2-9H,10H2,1H3,(H,22,24). The number of fused-ring (bicyclic) bond motifs is 1. The van der Waals surface area contributed by atoms with Crippen molar-refractivity contribution < 1.29 is 27.5 Å². The van der Waals surface area contributed by atoms with Crippen molar-refractivity contribution in [1.29, 1.82) is 0 Å². The fraction of sp³-hybridized carbons (Fsp3) is 0.222. The molecule has 4 nitrogen and oxygen atoms in total. The minimum absolute atomic E-state index is 0.0176. The number of cyclic esters (lactones) is 1. The van der Waals surface area contributed by atoms with E-state index in [2.05, 4.69) is 5.32 Å². The van der Waals surface area contributed by atoms with E-state index in [1.807, 2.05) is 0 Å². The summed E-state index contributed by atoms with van der Waals surface area (Å²) in [5.41, 5.74) is -1.36. The van der Waals surface area contributed by atoms with E-state index in [4.69, 9.17) is 4.74 Å². The number of amides is 1. The number of carbonyl (C=O) groups is 2. The van der Waals surface area contributed by atoms with Gasteiger partial charge in [0.15, 0.2) is 5.60 Å². The lowest BCUT2D eigenvalue weighted by atomic mass is 9.89. The topological polar surface area (TPSA) is 55.4 Å². The zero-order chi connectivity index (χ0) is 18.2. The summed E-state index contributed by atoms with van der Waals surface area (Å²) in [6, 6.07) is 11.0. The van der Waals surface area contributed by atoms with Crippen molar-refractivity contribution in [2.45, 2.75) is 25.1 Å². The zero-order valence-corrected chi connectivity index (χ0v) is 13.2. The second-order valence-corrected chi connectivity index (χ2v) is 5.99. The van der Waals surface area contributed by atoms with Crippen LogP contribution in [0, 0.1) is 0 Å². The molecule has 1 aliphatic rings. The van der Waals surface area contributed by atoms with Crippen LogP contribution >= 0.6 is 0 Å². The predicted octanol–water partition coefficient (Wildman–Crippen LogP) is 3.82. The number of rotatable bonds is 2. The summed E-state index contributed by atoms with van der Waals surface area (Å²) in [6.07, 6.45) is -4.37. The molecule has 3 rings (SSSR count). The zero-order valence-electron chi connectivity index (χ0n) is 13.2. The number of hydrogen-bond acceptors (Lipinski definition) is 3. The molecular weight excluding hydrogens is 335 g/mol. The number of hydrogen-bond donors (Lipinski definition) is 1. The molecule has 1 amide bonds. The number of carbonyl (C=O) groups excluding carboxylic acids is 2. The summed E-state index contributed by atoms with van der Waals surface area (Å²) >= 11 is 0. The largest absolute Gasteiger partial charge is 0.445 e. The Labute approximate surface area is 141 Å². The summed E-state index contributed by atoms with van der Waals surface area (Å²) in [7, 11) is 0. The van der Waals surface area contributed by atoms with Crippen LogP contribution < -0.4 is 5.32 Å². The molecule has 0 bridgehead atoms. The average molecular weight is 349 g/mol. The Morgan fingerprint density at radius 3 is 2.60 bits per heavy atom. The maximum absolute atomic E-state index is 12.8. The first-order valence-corrected chi connectivity index (χ1v) is 7.49. The summed E-state index contributed by atoms with van der Waals surface area (Å²) in [4.78, 5) is 24.6. The first kappa shape index (κ1) is 17.0. The molecule has 2 aromatic rings. The van der Waals surface area contributed by atoms with Crippen molar-refractivity contribution in [2.75, 3.05) is 5.32 Å². The predicted molar refractivity (Wildman–Crippen MR) is 84.0 cm³/mol. The number of alkyl halides is 3. The van der Waals surface area contributed by atoms with Gasteiger partial charge in [-0.15, -0.1) is 0 Å². The van der Waals surface area contributed by atoms with Gasteiger partial charge in [-0.25, -0.2) is 4.79 Å². The molecule has 0 aliphatic carbocycles. The summed E-state index contributed by atoms with van der Waals surface area (Å²) < 4.78 is 43.6. The molecule has 0 saturated carbocycles.